The summed E-state index contributed by atoms with van der Waals surface area (Å²) in [6.07, 6.45) is 1.48. The molecular formula is C38H87Cl3N8O16S4. The van der Waals surface area contributed by atoms with Gasteiger partial charge in [0.25, 0.3) is 31.5 Å². The molecule has 0 spiro atoms. The Morgan fingerprint density at radius 2 is 1.04 bits per heavy atom. The number of rotatable bonds is 20. The second kappa shape index (κ2) is 38.1. The lowest BCUT2D eigenvalue weighted by molar-refractivity contribution is -0.134. The number of aliphatic carboxylic acids is 1. The number of hydrogen-bond donors (Lipinski definition) is 8. The van der Waals surface area contributed by atoms with E-state index in [1.54, 1.807) is 41.5 Å². The highest BCUT2D eigenvalue weighted by Crippen LogP contribution is 2.14. The predicted octanol–water partition coefficient (Wildman–Crippen LogP) is 3.47. The first-order chi connectivity index (χ1) is 30.3. The van der Waals surface area contributed by atoms with E-state index in [0.717, 1.165) is 23.7 Å². The van der Waals surface area contributed by atoms with Crippen molar-refractivity contribution in [2.75, 3.05) is 55.4 Å². The minimum absolute atomic E-state index is 0.0640. The van der Waals surface area contributed by atoms with Gasteiger partial charge in [-0.05, 0) is 130 Å². The van der Waals surface area contributed by atoms with Crippen molar-refractivity contribution in [1.29, 1.82) is 0 Å². The molecule has 0 bridgehead atoms. The Labute approximate surface area is 428 Å². The van der Waals surface area contributed by atoms with Gasteiger partial charge in [0.05, 0.1) is 17.8 Å². The molecule has 0 aliphatic carbocycles. The molecule has 0 rings (SSSR count). The maximum absolute atomic E-state index is 12.1. The minimum atomic E-state index is -4.06. The number of amides is 1. The van der Waals surface area contributed by atoms with Crippen LogP contribution in [0.3, 0.4) is 0 Å². The number of isocyanates is 1. The van der Waals surface area contributed by atoms with E-state index in [9.17, 15) is 48.7 Å². The Bertz CT molecular complexity index is 1900. The lowest BCUT2D eigenvalue weighted by Crippen LogP contribution is -2.52. The van der Waals surface area contributed by atoms with Crippen LogP contribution in [-0.2, 0) is 52.2 Å². The molecule has 0 aromatic heterocycles. The molecule has 1 amide bonds. The van der Waals surface area contributed by atoms with Crippen molar-refractivity contribution in [2.24, 2.45) is 4.40 Å². The van der Waals surface area contributed by atoms with Crippen molar-refractivity contribution in [2.45, 2.75) is 176 Å². The van der Waals surface area contributed by atoms with Gasteiger partial charge in [-0.2, -0.15) is 47.4 Å². The molecule has 8 N–H and O–H groups in total. The Kier molecular flexibility index (Phi) is 45.0. The number of ether oxygens (including phenoxy) is 1. The van der Waals surface area contributed by atoms with Crippen molar-refractivity contribution >= 4 is 88.1 Å². The van der Waals surface area contributed by atoms with Crippen LogP contribution in [0.4, 0.5) is 4.79 Å². The van der Waals surface area contributed by atoms with Crippen LogP contribution in [0.5, 0.6) is 0 Å². The zero-order valence-corrected chi connectivity index (χ0v) is 49.8. The molecule has 69 heavy (non-hydrogen) atoms. The van der Waals surface area contributed by atoms with E-state index in [4.69, 9.17) is 45.9 Å². The quantitative estimate of drug-likeness (QED) is 0.0491. The second-order valence-corrected chi connectivity index (χ2v) is 26.4. The molecule has 0 aromatic carbocycles. The van der Waals surface area contributed by atoms with Crippen LogP contribution in [0.1, 0.15) is 130 Å². The third-order valence-corrected chi connectivity index (χ3v) is 13.0. The minimum Gasteiger partial charge on any atom is -0.481 e. The van der Waals surface area contributed by atoms with Crippen LogP contribution >= 0.6 is 32.0 Å². The lowest BCUT2D eigenvalue weighted by Gasteiger charge is -2.31. The normalized spacial score (nSPS) is 13.9. The lowest BCUT2D eigenvalue weighted by atomic mass is 10.0. The van der Waals surface area contributed by atoms with Gasteiger partial charge in [-0.1, -0.05) is 32.1 Å². The van der Waals surface area contributed by atoms with E-state index in [0.29, 0.717) is 25.8 Å². The Balaban J connectivity index is -0.000000137. The molecule has 0 radical (unpaired) electrons. The van der Waals surface area contributed by atoms with E-state index < -0.39 is 78.4 Å². The first-order valence-corrected chi connectivity index (χ1v) is 29.4. The molecule has 0 fully saturated rings. The van der Waals surface area contributed by atoms with E-state index in [1.165, 1.54) is 11.8 Å². The molecule has 2 unspecified atom stereocenters. The number of hydrogen-bond acceptors (Lipinski definition) is 18. The van der Waals surface area contributed by atoms with Gasteiger partial charge >= 0.3 is 24.6 Å². The van der Waals surface area contributed by atoms with Crippen LogP contribution in [-0.4, -0.2) is 188 Å². The molecule has 4 atom stereocenters. The predicted molar refractivity (Wildman–Crippen MR) is 275 cm³/mol. The largest absolute Gasteiger partial charge is 0.481 e. The maximum Gasteiger partial charge on any atom is 0.422 e. The molecule has 24 nitrogen and oxygen atoms in total. The van der Waals surface area contributed by atoms with Gasteiger partial charge < -0.3 is 40.3 Å². The number of carboxylic acid groups (broad SMARTS) is 1. The highest BCUT2D eigenvalue weighted by atomic mass is 35.7. The van der Waals surface area contributed by atoms with Gasteiger partial charge in [0.1, 0.15) is 5.60 Å². The molecule has 420 valence electrons. The average Bonchev–Trinajstić information content (AvgIpc) is 3.12. The fraction of sp³-hybridized carbons (Fsp3) is 0.921. The summed E-state index contributed by atoms with van der Waals surface area (Å²) in [6.45, 7) is 27.3. The monoisotopic (exact) mass is 1140 g/mol. The van der Waals surface area contributed by atoms with Crippen molar-refractivity contribution in [3.8, 4) is 0 Å². The standard InChI is InChI=1S/C12H29N3O3S.C7H18N2O.C6H12ClNO4S.C5H12ClNO2S.C5H12O.C2H4O2.CClNO3S/c1-8-12(3,4)13-19(17,18)15(7)9-11(16)10(2)14(5)6;1-6(9(3)4)7(10)5-8-2;1-4-6(2,3)12-5(9)8-13(7,10)11;1-4-5(2,3)7-10(6,8)9;1-4-5(2,3)6;1-2(3)4;2-7(5,6)3-1-4/h10-11,13,16H,8-9H2,1-7H3;6-8,10H,5H2,1-4H3;4H2,1-3H3,(H,8,9);7H,4H2,1-3H3;6H,4H2,1-3H3;1H3,(H,3,4);/t10-,11?;6-,7?;;;;;/m00...../s1. The third-order valence-electron chi connectivity index (χ3n) is 9.02. The first kappa shape index (κ1) is 81.5. The van der Waals surface area contributed by atoms with Crippen molar-refractivity contribution < 1.29 is 73.2 Å². The summed E-state index contributed by atoms with van der Waals surface area (Å²) in [5.74, 6) is -0.833. The molecule has 0 saturated carbocycles. The van der Waals surface area contributed by atoms with Gasteiger partial charge in [-0.25, -0.2) is 14.3 Å². The fourth-order valence-corrected chi connectivity index (χ4v) is 6.35. The summed E-state index contributed by atoms with van der Waals surface area (Å²) < 4.78 is 99.5. The zero-order valence-electron chi connectivity index (χ0n) is 44.3. The Hall–Kier alpha value is -1.57. The second-order valence-electron chi connectivity index (χ2n) is 17.8. The highest BCUT2D eigenvalue weighted by Gasteiger charge is 2.29. The van der Waals surface area contributed by atoms with Crippen molar-refractivity contribution in [1.82, 2.24) is 33.6 Å². The van der Waals surface area contributed by atoms with Crippen LogP contribution in [0.15, 0.2) is 4.40 Å². The summed E-state index contributed by atoms with van der Waals surface area (Å²) in [7, 11) is 9.82. The number of likely N-dealkylation sites (N-methyl/N-ethyl adjacent to an activating group) is 4. The smallest absolute Gasteiger partial charge is 0.422 e. The molecule has 31 heteroatoms. The Morgan fingerprint density at radius 3 is 1.26 bits per heavy atom. The van der Waals surface area contributed by atoms with Gasteiger partial charge in [0.15, 0.2) is 0 Å². The summed E-state index contributed by atoms with van der Waals surface area (Å²) in [5.41, 5.74) is -2.10. The number of aliphatic hydroxyl groups excluding tert-OH is 2. The van der Waals surface area contributed by atoms with E-state index >= 15 is 0 Å². The topological polar surface area (TPSA) is 348 Å². The number of carboxylic acids is 1. The average molecular weight is 1150 g/mol. The number of aliphatic hydroxyl groups is 3. The molecule has 0 aliphatic heterocycles. The molecule has 0 heterocycles. The summed E-state index contributed by atoms with van der Waals surface area (Å²) in [4.78, 5) is 32.8. The van der Waals surface area contributed by atoms with Gasteiger partial charge in [0.2, 0.25) is 0 Å². The first-order valence-electron chi connectivity index (χ1n) is 21.0. The van der Waals surface area contributed by atoms with Crippen LogP contribution < -0.4 is 19.5 Å². The number of halogens is 3. The zero-order chi connectivity index (χ0) is 57.4. The van der Waals surface area contributed by atoms with E-state index in [1.807, 2.05) is 100 Å². The van der Waals surface area contributed by atoms with Gasteiger partial charge in [-0.3, -0.25) is 4.79 Å². The number of carbonyl (C=O) groups excluding carboxylic acids is 2. The summed E-state index contributed by atoms with van der Waals surface area (Å²) in [6, 6.07) is 0.101. The van der Waals surface area contributed by atoms with Crippen LogP contribution in [0.2, 0.25) is 0 Å². The number of nitrogens with zero attached hydrogens (tertiary/aromatic N) is 4. The SMILES string of the molecule is CC(=O)O.CCC(C)(C)NS(=O)(=O)Cl.CCC(C)(C)NS(=O)(=O)N(C)CC(O)[C@H](C)N(C)C.CCC(C)(C)O.CCC(C)(C)OC(=O)NS(=O)(=O)Cl.CNCC(O)[C@H](C)N(C)C.O=C=NS(=O)(=O)Cl. The Morgan fingerprint density at radius 1 is 0.696 bits per heavy atom. The molecule has 0 aliphatic rings. The highest BCUT2D eigenvalue weighted by molar-refractivity contribution is 8.13. The number of carbonyl (C=O) groups is 2. The van der Waals surface area contributed by atoms with Gasteiger partial charge in [0, 0.05) is 82.3 Å². The van der Waals surface area contributed by atoms with Gasteiger partial charge in [-0.15, -0.1) is 0 Å². The fourth-order valence-electron chi connectivity index (χ4n) is 2.97. The molecular weight excluding hydrogens is 1060 g/mol. The third kappa shape index (κ3) is 64.4. The summed E-state index contributed by atoms with van der Waals surface area (Å²) in [5, 5.41) is 38.6. The molecule has 0 saturated heterocycles. The van der Waals surface area contributed by atoms with Crippen LogP contribution in [0.25, 0.3) is 0 Å². The van der Waals surface area contributed by atoms with Crippen molar-refractivity contribution in [3.63, 3.8) is 0 Å². The van der Waals surface area contributed by atoms with E-state index in [2.05, 4.69) is 29.8 Å². The molecule has 0 aromatic rings. The number of nitrogens with one attached hydrogen (secondary N) is 4. The van der Waals surface area contributed by atoms with Crippen LogP contribution in [0, 0.1) is 0 Å². The van der Waals surface area contributed by atoms with E-state index in [-0.39, 0.29) is 24.7 Å². The summed E-state index contributed by atoms with van der Waals surface area (Å²) >= 11 is 0. The van der Waals surface area contributed by atoms with Crippen molar-refractivity contribution in [3.05, 3.63) is 0 Å². The maximum atomic E-state index is 12.1.